The molecule has 0 spiro atoms. The summed E-state index contributed by atoms with van der Waals surface area (Å²) >= 11 is 0. The number of hydrogen-bond donors (Lipinski definition) is 1. The molecule has 2 aromatic rings. The van der Waals surface area contributed by atoms with E-state index in [1.165, 1.54) is 12.8 Å². The first kappa shape index (κ1) is 15.5. The first-order valence-electron chi connectivity index (χ1n) is 7.76. The molecule has 1 aromatic carbocycles. The lowest BCUT2D eigenvalue weighted by atomic mass is 9.97. The van der Waals surface area contributed by atoms with Crippen LogP contribution in [-0.2, 0) is 0 Å². The van der Waals surface area contributed by atoms with E-state index in [4.69, 9.17) is 0 Å². The zero-order chi connectivity index (χ0) is 15.2. The minimum atomic E-state index is 0.505. The van der Waals surface area contributed by atoms with Crippen molar-refractivity contribution >= 4 is 5.69 Å². The summed E-state index contributed by atoms with van der Waals surface area (Å²) in [4.78, 5) is 0. The van der Waals surface area contributed by atoms with Crippen molar-refractivity contribution in [3.05, 3.63) is 30.1 Å². The normalized spacial score (nSPS) is 13.9. The van der Waals surface area contributed by atoms with Gasteiger partial charge in [0.2, 0.25) is 0 Å². The molecule has 0 bridgehead atoms. The number of nitrogens with one attached hydrogen (secondary N) is 1. The predicted molar refractivity (Wildman–Crippen MR) is 85.7 cm³/mol. The molecule has 0 radical (unpaired) electrons. The Balaban J connectivity index is 2.12. The van der Waals surface area contributed by atoms with Crippen LogP contribution in [0.1, 0.15) is 45.9 Å². The predicted octanol–water partition coefficient (Wildman–Crippen LogP) is 3.60. The molecule has 5 nitrogen and oxygen atoms in total. The highest BCUT2D eigenvalue weighted by Gasteiger charge is 2.11. The molecule has 0 aliphatic rings. The third-order valence-corrected chi connectivity index (χ3v) is 3.96. The quantitative estimate of drug-likeness (QED) is 0.845. The van der Waals surface area contributed by atoms with Gasteiger partial charge in [0.25, 0.3) is 0 Å². The number of tetrazole rings is 1. The summed E-state index contributed by atoms with van der Waals surface area (Å²) in [6.45, 7) is 8.69. The van der Waals surface area contributed by atoms with Crippen LogP contribution in [0.2, 0.25) is 0 Å². The van der Waals surface area contributed by atoms with Crippen LogP contribution in [-0.4, -0.2) is 26.2 Å². The Morgan fingerprint density at radius 3 is 2.67 bits per heavy atom. The average Bonchev–Trinajstić information content (AvgIpc) is 2.92. The number of benzene rings is 1. The van der Waals surface area contributed by atoms with Crippen LogP contribution < -0.4 is 5.32 Å². The van der Waals surface area contributed by atoms with E-state index in [1.54, 1.807) is 4.68 Å². The van der Waals surface area contributed by atoms with Gasteiger partial charge in [-0.25, -0.2) is 0 Å². The summed E-state index contributed by atoms with van der Waals surface area (Å²) in [6, 6.07) is 8.76. The van der Waals surface area contributed by atoms with Gasteiger partial charge in [-0.3, -0.25) is 0 Å². The van der Waals surface area contributed by atoms with Crippen molar-refractivity contribution in [3.63, 3.8) is 0 Å². The van der Waals surface area contributed by atoms with E-state index in [1.807, 2.05) is 19.1 Å². The number of aromatic nitrogens is 4. The van der Waals surface area contributed by atoms with E-state index in [0.717, 1.165) is 29.5 Å². The van der Waals surface area contributed by atoms with E-state index in [2.05, 4.69) is 53.7 Å². The van der Waals surface area contributed by atoms with E-state index >= 15 is 0 Å². The second kappa shape index (κ2) is 7.20. The number of nitrogens with zero attached hydrogens (tertiary/aromatic N) is 4. The van der Waals surface area contributed by atoms with Crippen molar-refractivity contribution in [1.82, 2.24) is 20.2 Å². The molecule has 21 heavy (non-hydrogen) atoms. The van der Waals surface area contributed by atoms with Gasteiger partial charge in [0, 0.05) is 11.7 Å². The van der Waals surface area contributed by atoms with Gasteiger partial charge in [-0.1, -0.05) is 33.3 Å². The van der Waals surface area contributed by atoms with Crippen molar-refractivity contribution in [2.24, 2.45) is 5.92 Å². The summed E-state index contributed by atoms with van der Waals surface area (Å²) in [5.41, 5.74) is 2.11. The molecule has 0 fully saturated rings. The van der Waals surface area contributed by atoms with Crippen molar-refractivity contribution in [1.29, 1.82) is 0 Å². The van der Waals surface area contributed by atoms with Gasteiger partial charge in [0.1, 0.15) is 0 Å². The van der Waals surface area contributed by atoms with Gasteiger partial charge >= 0.3 is 0 Å². The van der Waals surface area contributed by atoms with E-state index in [-0.39, 0.29) is 0 Å². The SMILES string of the molecule is CCC(C)CC(CC)Nc1cccc(-n2nnnc2C)c1. The molecule has 0 aliphatic heterocycles. The van der Waals surface area contributed by atoms with Gasteiger partial charge in [0.05, 0.1) is 5.69 Å². The van der Waals surface area contributed by atoms with Gasteiger partial charge in [-0.05, 0) is 54.3 Å². The third kappa shape index (κ3) is 4.03. The Labute approximate surface area is 126 Å². The van der Waals surface area contributed by atoms with Crippen molar-refractivity contribution in [2.75, 3.05) is 5.32 Å². The molecule has 0 aliphatic carbocycles. The number of hydrogen-bond acceptors (Lipinski definition) is 4. The fraction of sp³-hybridized carbons (Fsp3) is 0.562. The lowest BCUT2D eigenvalue weighted by Crippen LogP contribution is -2.21. The van der Waals surface area contributed by atoms with Crippen LogP contribution in [0.4, 0.5) is 5.69 Å². The van der Waals surface area contributed by atoms with Gasteiger partial charge in [0.15, 0.2) is 5.82 Å². The summed E-state index contributed by atoms with van der Waals surface area (Å²) in [6.07, 6.45) is 3.54. The second-order valence-electron chi connectivity index (χ2n) is 5.69. The Bertz CT molecular complexity index is 563. The first-order chi connectivity index (χ1) is 10.1. The molecule has 1 heterocycles. The zero-order valence-electron chi connectivity index (χ0n) is 13.4. The molecule has 0 saturated carbocycles. The summed E-state index contributed by atoms with van der Waals surface area (Å²) in [7, 11) is 0. The van der Waals surface area contributed by atoms with Crippen LogP contribution >= 0.6 is 0 Å². The Hall–Kier alpha value is -1.91. The molecule has 5 heteroatoms. The van der Waals surface area contributed by atoms with E-state index in [0.29, 0.717) is 6.04 Å². The Morgan fingerprint density at radius 2 is 2.05 bits per heavy atom. The maximum Gasteiger partial charge on any atom is 0.153 e. The minimum Gasteiger partial charge on any atom is -0.382 e. The van der Waals surface area contributed by atoms with Crippen LogP contribution in [0, 0.1) is 12.8 Å². The highest BCUT2D eigenvalue weighted by atomic mass is 15.5. The fourth-order valence-corrected chi connectivity index (χ4v) is 2.41. The molecular weight excluding hydrogens is 262 g/mol. The van der Waals surface area contributed by atoms with Crippen LogP contribution in [0.5, 0.6) is 0 Å². The molecule has 114 valence electrons. The maximum absolute atomic E-state index is 4.02. The van der Waals surface area contributed by atoms with Crippen LogP contribution in [0.25, 0.3) is 5.69 Å². The van der Waals surface area contributed by atoms with Crippen molar-refractivity contribution < 1.29 is 0 Å². The Kier molecular flexibility index (Phi) is 5.31. The van der Waals surface area contributed by atoms with Crippen molar-refractivity contribution in [2.45, 2.75) is 53.0 Å². The molecule has 2 rings (SSSR count). The smallest absolute Gasteiger partial charge is 0.153 e. The van der Waals surface area contributed by atoms with Crippen LogP contribution in [0.3, 0.4) is 0 Å². The van der Waals surface area contributed by atoms with Crippen molar-refractivity contribution in [3.8, 4) is 5.69 Å². The third-order valence-electron chi connectivity index (χ3n) is 3.96. The second-order valence-corrected chi connectivity index (χ2v) is 5.69. The fourth-order valence-electron chi connectivity index (χ4n) is 2.41. The molecule has 1 N–H and O–H groups in total. The average molecular weight is 287 g/mol. The molecular formula is C16H25N5. The van der Waals surface area contributed by atoms with Gasteiger partial charge in [-0.2, -0.15) is 4.68 Å². The molecule has 0 saturated heterocycles. The monoisotopic (exact) mass is 287 g/mol. The summed E-state index contributed by atoms with van der Waals surface area (Å²) < 4.78 is 1.75. The number of anilines is 1. The largest absolute Gasteiger partial charge is 0.382 e. The Morgan fingerprint density at radius 1 is 1.24 bits per heavy atom. The molecule has 2 unspecified atom stereocenters. The highest BCUT2D eigenvalue weighted by Crippen LogP contribution is 2.19. The summed E-state index contributed by atoms with van der Waals surface area (Å²) in [5, 5.41) is 15.3. The molecule has 1 aromatic heterocycles. The summed E-state index contributed by atoms with van der Waals surface area (Å²) in [5.74, 6) is 1.53. The molecule has 0 amide bonds. The van der Waals surface area contributed by atoms with Gasteiger partial charge in [-0.15, -0.1) is 5.10 Å². The van der Waals surface area contributed by atoms with Gasteiger partial charge < -0.3 is 5.32 Å². The standard InChI is InChI=1S/C16H25N5/c1-5-12(3)10-14(6-2)17-15-8-7-9-16(11-15)21-13(4)18-19-20-21/h7-9,11-12,14,17H,5-6,10H2,1-4H3. The highest BCUT2D eigenvalue weighted by molar-refractivity contribution is 5.51. The zero-order valence-corrected chi connectivity index (χ0v) is 13.4. The van der Waals surface area contributed by atoms with E-state index < -0.39 is 0 Å². The van der Waals surface area contributed by atoms with E-state index in [9.17, 15) is 0 Å². The lowest BCUT2D eigenvalue weighted by Gasteiger charge is -2.21. The topological polar surface area (TPSA) is 55.6 Å². The van der Waals surface area contributed by atoms with Crippen LogP contribution in [0.15, 0.2) is 24.3 Å². The number of rotatable bonds is 7. The minimum absolute atomic E-state index is 0.505. The first-order valence-corrected chi connectivity index (χ1v) is 7.76. The molecule has 2 atom stereocenters. The number of aryl methyl sites for hydroxylation is 1. The maximum atomic E-state index is 4.02. The lowest BCUT2D eigenvalue weighted by molar-refractivity contribution is 0.462.